The van der Waals surface area contributed by atoms with Crippen LogP contribution in [0.1, 0.15) is 5.56 Å². The minimum absolute atomic E-state index is 0.594. The lowest BCUT2D eigenvalue weighted by Crippen LogP contribution is -2.28. The third-order valence-corrected chi connectivity index (χ3v) is 3.94. The van der Waals surface area contributed by atoms with Gasteiger partial charge in [-0.25, -0.2) is 0 Å². The number of H-pyrrole nitrogens is 2. The van der Waals surface area contributed by atoms with Gasteiger partial charge in [0.25, 0.3) is 0 Å². The zero-order chi connectivity index (χ0) is 14.8. The predicted octanol–water partition coefficient (Wildman–Crippen LogP) is 2.59. The third kappa shape index (κ3) is 2.90. The summed E-state index contributed by atoms with van der Waals surface area (Å²) in [6, 6.07) is 13.4. The van der Waals surface area contributed by atoms with Gasteiger partial charge in [-0.05, 0) is 29.8 Å². The summed E-state index contributed by atoms with van der Waals surface area (Å²) in [5.41, 5.74) is 1.90. The Balaban J connectivity index is 1.88. The lowest BCUT2D eigenvalue weighted by molar-refractivity contribution is 1.13. The zero-order valence-corrected chi connectivity index (χ0v) is 12.5. The van der Waals surface area contributed by atoms with E-state index in [0.29, 0.717) is 17.6 Å². The number of aromatic nitrogens is 2. The lowest BCUT2D eigenvalue weighted by Gasteiger charge is -2.09. The molecule has 3 rings (SSSR count). The van der Waals surface area contributed by atoms with Gasteiger partial charge in [0.15, 0.2) is 0 Å². The second-order valence-corrected chi connectivity index (χ2v) is 5.47. The van der Waals surface area contributed by atoms with E-state index in [1.807, 2.05) is 30.3 Å². The quantitative estimate of drug-likeness (QED) is 0.638. The highest BCUT2D eigenvalue weighted by Crippen LogP contribution is 2.19. The molecule has 106 valence electrons. The average molecular weight is 346 g/mol. The van der Waals surface area contributed by atoms with Crippen molar-refractivity contribution >= 4 is 32.7 Å². The van der Waals surface area contributed by atoms with Gasteiger partial charge in [0.05, 0.1) is 11.0 Å². The summed E-state index contributed by atoms with van der Waals surface area (Å²) in [6.07, 6.45) is 0. The fourth-order valence-electron chi connectivity index (χ4n) is 2.06. The maximum atomic E-state index is 11.3. The highest BCUT2D eigenvalue weighted by molar-refractivity contribution is 9.10. The van der Waals surface area contributed by atoms with Gasteiger partial charge in [-0.1, -0.05) is 34.1 Å². The number of anilines is 1. The first-order valence-electron chi connectivity index (χ1n) is 6.37. The highest BCUT2D eigenvalue weighted by Gasteiger charge is 2.02. The number of aromatic amines is 2. The fraction of sp³-hybridized carbons (Fsp3) is 0.0667. The summed E-state index contributed by atoms with van der Waals surface area (Å²) < 4.78 is 1.04. The van der Waals surface area contributed by atoms with Crippen LogP contribution >= 0.6 is 15.9 Å². The number of benzene rings is 2. The van der Waals surface area contributed by atoms with Crippen molar-refractivity contribution in [3.05, 3.63) is 73.2 Å². The molecule has 21 heavy (non-hydrogen) atoms. The van der Waals surface area contributed by atoms with Crippen LogP contribution in [-0.2, 0) is 6.54 Å². The average Bonchev–Trinajstić information content (AvgIpc) is 2.48. The maximum absolute atomic E-state index is 11.3. The van der Waals surface area contributed by atoms with Crippen LogP contribution in [0.4, 0.5) is 5.69 Å². The van der Waals surface area contributed by atoms with Crippen LogP contribution in [0.25, 0.3) is 11.0 Å². The summed E-state index contributed by atoms with van der Waals surface area (Å²) in [7, 11) is 0. The topological polar surface area (TPSA) is 77.8 Å². The Morgan fingerprint density at radius 1 is 0.952 bits per heavy atom. The molecule has 0 saturated carbocycles. The molecule has 0 radical (unpaired) electrons. The van der Waals surface area contributed by atoms with Gasteiger partial charge in [-0.2, -0.15) is 0 Å². The molecule has 1 aromatic heterocycles. The van der Waals surface area contributed by atoms with Gasteiger partial charge in [-0.15, -0.1) is 0 Å². The molecule has 3 N–H and O–H groups in total. The molecule has 0 aliphatic rings. The summed E-state index contributed by atoms with van der Waals surface area (Å²) >= 11 is 3.50. The van der Waals surface area contributed by atoms with E-state index in [1.54, 1.807) is 12.1 Å². The second-order valence-electron chi connectivity index (χ2n) is 4.61. The molecule has 2 aromatic carbocycles. The van der Waals surface area contributed by atoms with E-state index in [4.69, 9.17) is 0 Å². The summed E-state index contributed by atoms with van der Waals surface area (Å²) in [6.45, 7) is 0.653. The minimum atomic E-state index is -0.648. The lowest BCUT2D eigenvalue weighted by atomic mass is 10.2. The zero-order valence-electron chi connectivity index (χ0n) is 10.9. The van der Waals surface area contributed by atoms with Gasteiger partial charge in [-0.3, -0.25) is 9.59 Å². The van der Waals surface area contributed by atoms with Crippen LogP contribution in [-0.4, -0.2) is 9.97 Å². The summed E-state index contributed by atoms with van der Waals surface area (Å²) in [5.74, 6) is 0. The van der Waals surface area contributed by atoms with Crippen molar-refractivity contribution < 1.29 is 0 Å². The van der Waals surface area contributed by atoms with E-state index in [1.165, 1.54) is 0 Å². The Labute approximate surface area is 128 Å². The molecule has 0 aliphatic carbocycles. The molecule has 0 bridgehead atoms. The van der Waals surface area contributed by atoms with E-state index in [2.05, 4.69) is 31.2 Å². The van der Waals surface area contributed by atoms with E-state index >= 15 is 0 Å². The van der Waals surface area contributed by atoms with Crippen molar-refractivity contribution in [2.45, 2.75) is 6.54 Å². The number of hydrogen-bond acceptors (Lipinski definition) is 3. The van der Waals surface area contributed by atoms with Gasteiger partial charge in [0.1, 0.15) is 0 Å². The smallest absolute Gasteiger partial charge is 0.314 e. The number of nitrogens with one attached hydrogen (secondary N) is 3. The van der Waals surface area contributed by atoms with Crippen LogP contribution in [0.5, 0.6) is 0 Å². The van der Waals surface area contributed by atoms with Crippen LogP contribution in [0.3, 0.4) is 0 Å². The molecular weight excluding hydrogens is 334 g/mol. The number of rotatable bonds is 3. The van der Waals surface area contributed by atoms with E-state index in [-0.39, 0.29) is 0 Å². The van der Waals surface area contributed by atoms with Gasteiger partial charge >= 0.3 is 11.1 Å². The van der Waals surface area contributed by atoms with Crippen molar-refractivity contribution in [2.24, 2.45) is 0 Å². The van der Waals surface area contributed by atoms with Crippen molar-refractivity contribution in [1.29, 1.82) is 0 Å². The molecule has 6 heteroatoms. The Hall–Kier alpha value is -2.34. The molecule has 0 aliphatic heterocycles. The second kappa shape index (κ2) is 5.57. The van der Waals surface area contributed by atoms with E-state index in [9.17, 15) is 9.59 Å². The molecule has 1 heterocycles. The van der Waals surface area contributed by atoms with Crippen molar-refractivity contribution in [3.63, 3.8) is 0 Å². The van der Waals surface area contributed by atoms with Crippen LogP contribution in [0.15, 0.2) is 56.5 Å². The Morgan fingerprint density at radius 3 is 2.43 bits per heavy atom. The molecule has 0 amide bonds. The predicted molar refractivity (Wildman–Crippen MR) is 86.7 cm³/mol. The van der Waals surface area contributed by atoms with E-state index in [0.717, 1.165) is 15.7 Å². The molecule has 5 nitrogen and oxygen atoms in total. The Kier molecular flexibility index (Phi) is 3.62. The van der Waals surface area contributed by atoms with Gasteiger partial charge in [0, 0.05) is 16.7 Å². The SMILES string of the molecule is O=c1[nH]c2ccc(NCc3ccccc3Br)cc2[nH]c1=O. The largest absolute Gasteiger partial charge is 0.381 e. The molecule has 0 spiro atoms. The first kappa shape index (κ1) is 13.6. The first-order valence-corrected chi connectivity index (χ1v) is 7.16. The van der Waals surface area contributed by atoms with Crippen molar-refractivity contribution in [1.82, 2.24) is 9.97 Å². The standard InChI is InChI=1S/C15H12BrN3O2/c16-11-4-2-1-3-9(11)8-17-10-5-6-12-13(7-10)19-15(21)14(20)18-12/h1-7,17H,8H2,(H,18,20)(H,19,21). The van der Waals surface area contributed by atoms with Gasteiger partial charge in [0.2, 0.25) is 0 Å². The highest BCUT2D eigenvalue weighted by atomic mass is 79.9. The Bertz CT molecular complexity index is 914. The number of fused-ring (bicyclic) bond motifs is 1. The number of halogens is 1. The monoisotopic (exact) mass is 345 g/mol. The third-order valence-electron chi connectivity index (χ3n) is 3.16. The number of hydrogen-bond donors (Lipinski definition) is 3. The molecule has 0 atom stereocenters. The Morgan fingerprint density at radius 2 is 1.67 bits per heavy atom. The van der Waals surface area contributed by atoms with Crippen LogP contribution in [0, 0.1) is 0 Å². The fourth-order valence-corrected chi connectivity index (χ4v) is 2.49. The first-order chi connectivity index (χ1) is 10.1. The van der Waals surface area contributed by atoms with E-state index < -0.39 is 11.1 Å². The normalized spacial score (nSPS) is 10.7. The molecule has 3 aromatic rings. The van der Waals surface area contributed by atoms with Crippen LogP contribution in [0.2, 0.25) is 0 Å². The van der Waals surface area contributed by atoms with Gasteiger partial charge < -0.3 is 15.3 Å². The van der Waals surface area contributed by atoms with Crippen molar-refractivity contribution in [2.75, 3.05) is 5.32 Å². The molecule has 0 saturated heterocycles. The molecule has 0 unspecified atom stereocenters. The maximum Gasteiger partial charge on any atom is 0.314 e. The van der Waals surface area contributed by atoms with Crippen molar-refractivity contribution in [3.8, 4) is 0 Å². The van der Waals surface area contributed by atoms with Crippen LogP contribution < -0.4 is 16.4 Å². The summed E-state index contributed by atoms with van der Waals surface area (Å²) in [4.78, 5) is 27.7. The summed E-state index contributed by atoms with van der Waals surface area (Å²) in [5, 5.41) is 3.28. The molecular formula is C15H12BrN3O2. The minimum Gasteiger partial charge on any atom is -0.381 e. The molecule has 0 fully saturated rings.